The first-order chi connectivity index (χ1) is 7.54. The number of carbonyl (C=O) groups is 1. The zero-order valence-electron chi connectivity index (χ0n) is 10.2. The van der Waals surface area contributed by atoms with E-state index < -0.39 is 0 Å². The molecule has 0 amide bonds. The van der Waals surface area contributed by atoms with Crippen LogP contribution < -0.4 is 5.32 Å². The second-order valence-electron chi connectivity index (χ2n) is 3.58. The number of nitrogens with one attached hydrogen (secondary N) is 1. The van der Waals surface area contributed by atoms with Crippen LogP contribution in [-0.2, 0) is 9.53 Å². The minimum absolute atomic E-state index is 0.0781. The van der Waals surface area contributed by atoms with Crippen LogP contribution in [0.3, 0.4) is 0 Å². The molecule has 0 saturated heterocycles. The third-order valence-electron chi connectivity index (χ3n) is 2.21. The SMILES string of the molecule is CCOC(=O)CNC(C)c1nc(C)sc1C. The fourth-order valence-corrected chi connectivity index (χ4v) is 2.41. The van der Waals surface area contributed by atoms with E-state index >= 15 is 0 Å². The molecule has 1 atom stereocenters. The molecule has 16 heavy (non-hydrogen) atoms. The van der Waals surface area contributed by atoms with Crippen molar-refractivity contribution in [3.8, 4) is 0 Å². The lowest BCUT2D eigenvalue weighted by atomic mass is 10.2. The van der Waals surface area contributed by atoms with Crippen LogP contribution in [0, 0.1) is 13.8 Å². The number of hydrogen-bond acceptors (Lipinski definition) is 5. The van der Waals surface area contributed by atoms with Crippen LogP contribution >= 0.6 is 11.3 Å². The van der Waals surface area contributed by atoms with E-state index in [9.17, 15) is 4.79 Å². The number of ether oxygens (including phenoxy) is 1. The molecule has 0 spiro atoms. The number of thiazole rings is 1. The predicted octanol–water partition coefficient (Wildman–Crippen LogP) is 1.97. The minimum Gasteiger partial charge on any atom is -0.465 e. The summed E-state index contributed by atoms with van der Waals surface area (Å²) in [4.78, 5) is 16.8. The van der Waals surface area contributed by atoms with Gasteiger partial charge in [0.1, 0.15) is 0 Å². The van der Waals surface area contributed by atoms with Crippen molar-refractivity contribution in [1.82, 2.24) is 10.3 Å². The first-order valence-electron chi connectivity index (χ1n) is 5.37. The monoisotopic (exact) mass is 242 g/mol. The third kappa shape index (κ3) is 3.57. The van der Waals surface area contributed by atoms with Crippen molar-refractivity contribution in [2.75, 3.05) is 13.2 Å². The Morgan fingerprint density at radius 3 is 2.75 bits per heavy atom. The molecular weight excluding hydrogens is 224 g/mol. The summed E-state index contributed by atoms with van der Waals surface area (Å²) in [7, 11) is 0. The number of rotatable bonds is 5. The molecule has 1 rings (SSSR count). The fraction of sp³-hybridized carbons (Fsp3) is 0.636. The molecule has 1 aromatic rings. The Hall–Kier alpha value is -0.940. The van der Waals surface area contributed by atoms with Gasteiger partial charge in [0, 0.05) is 10.9 Å². The molecular formula is C11H18N2O2S. The zero-order valence-corrected chi connectivity index (χ0v) is 11.0. The van der Waals surface area contributed by atoms with Gasteiger partial charge in [0.05, 0.1) is 23.9 Å². The van der Waals surface area contributed by atoms with E-state index in [0.29, 0.717) is 6.61 Å². The zero-order chi connectivity index (χ0) is 12.1. The van der Waals surface area contributed by atoms with Crippen molar-refractivity contribution >= 4 is 17.3 Å². The maximum Gasteiger partial charge on any atom is 0.319 e. The second-order valence-corrected chi connectivity index (χ2v) is 4.99. The molecule has 0 bridgehead atoms. The van der Waals surface area contributed by atoms with Crippen LogP contribution in [0.5, 0.6) is 0 Å². The van der Waals surface area contributed by atoms with Gasteiger partial charge in [0.15, 0.2) is 0 Å². The van der Waals surface area contributed by atoms with Gasteiger partial charge in [-0.05, 0) is 27.7 Å². The molecule has 0 saturated carbocycles. The maximum atomic E-state index is 11.2. The Kier molecular flexibility index (Phi) is 4.89. The van der Waals surface area contributed by atoms with Crippen molar-refractivity contribution in [3.63, 3.8) is 0 Å². The van der Waals surface area contributed by atoms with Crippen LogP contribution in [0.25, 0.3) is 0 Å². The van der Waals surface area contributed by atoms with E-state index in [1.807, 2.05) is 20.8 Å². The summed E-state index contributed by atoms with van der Waals surface area (Å²) in [5.74, 6) is -0.223. The summed E-state index contributed by atoms with van der Waals surface area (Å²) in [6.07, 6.45) is 0. The number of esters is 1. The van der Waals surface area contributed by atoms with Gasteiger partial charge in [-0.3, -0.25) is 10.1 Å². The summed E-state index contributed by atoms with van der Waals surface area (Å²) in [5.41, 5.74) is 1.02. The molecule has 0 aromatic carbocycles. The van der Waals surface area contributed by atoms with E-state index in [1.165, 1.54) is 4.88 Å². The van der Waals surface area contributed by atoms with Gasteiger partial charge < -0.3 is 4.74 Å². The van der Waals surface area contributed by atoms with Gasteiger partial charge in [-0.2, -0.15) is 0 Å². The van der Waals surface area contributed by atoms with Gasteiger partial charge in [-0.1, -0.05) is 0 Å². The summed E-state index contributed by atoms with van der Waals surface area (Å²) in [5, 5.41) is 4.16. The molecule has 0 fully saturated rings. The Bertz CT molecular complexity index is 363. The third-order valence-corrected chi connectivity index (χ3v) is 3.11. The Morgan fingerprint density at radius 2 is 2.25 bits per heavy atom. The van der Waals surface area contributed by atoms with Crippen molar-refractivity contribution in [2.45, 2.75) is 33.7 Å². The van der Waals surface area contributed by atoms with Crippen molar-refractivity contribution in [3.05, 3.63) is 15.6 Å². The number of carbonyl (C=O) groups excluding carboxylic acids is 1. The highest BCUT2D eigenvalue weighted by molar-refractivity contribution is 7.11. The highest BCUT2D eigenvalue weighted by Crippen LogP contribution is 2.22. The second kappa shape index (κ2) is 5.96. The molecule has 0 radical (unpaired) electrons. The topological polar surface area (TPSA) is 51.2 Å². The number of hydrogen-bond donors (Lipinski definition) is 1. The molecule has 1 heterocycles. The largest absolute Gasteiger partial charge is 0.465 e. The van der Waals surface area contributed by atoms with Crippen LogP contribution in [-0.4, -0.2) is 24.1 Å². The molecule has 5 heteroatoms. The lowest BCUT2D eigenvalue weighted by Crippen LogP contribution is -2.27. The molecule has 1 aromatic heterocycles. The van der Waals surface area contributed by atoms with Gasteiger partial charge in [-0.25, -0.2) is 4.98 Å². The van der Waals surface area contributed by atoms with Crippen LogP contribution in [0.1, 0.15) is 35.5 Å². The lowest BCUT2D eigenvalue weighted by molar-refractivity contribution is -0.142. The maximum absolute atomic E-state index is 11.2. The molecule has 4 nitrogen and oxygen atoms in total. The summed E-state index contributed by atoms with van der Waals surface area (Å²) >= 11 is 1.67. The molecule has 0 aliphatic rings. The first-order valence-corrected chi connectivity index (χ1v) is 6.19. The van der Waals surface area contributed by atoms with Crippen molar-refractivity contribution in [1.29, 1.82) is 0 Å². The van der Waals surface area contributed by atoms with Gasteiger partial charge in [0.25, 0.3) is 0 Å². The van der Waals surface area contributed by atoms with Gasteiger partial charge in [0.2, 0.25) is 0 Å². The Balaban J connectivity index is 2.49. The van der Waals surface area contributed by atoms with Gasteiger partial charge >= 0.3 is 5.97 Å². The highest BCUT2D eigenvalue weighted by atomic mass is 32.1. The van der Waals surface area contributed by atoms with Crippen molar-refractivity contribution in [2.24, 2.45) is 0 Å². The highest BCUT2D eigenvalue weighted by Gasteiger charge is 2.13. The molecule has 0 aliphatic heterocycles. The fourth-order valence-electron chi connectivity index (χ4n) is 1.49. The average Bonchev–Trinajstić information content (AvgIpc) is 2.55. The van der Waals surface area contributed by atoms with Crippen LogP contribution in [0.4, 0.5) is 0 Å². The standard InChI is InChI=1S/C11H18N2O2S/c1-5-15-10(14)6-12-7(2)11-8(3)16-9(4)13-11/h7,12H,5-6H2,1-4H3. The van der Waals surface area contributed by atoms with E-state index in [1.54, 1.807) is 18.3 Å². The summed E-state index contributed by atoms with van der Waals surface area (Å²) < 4.78 is 4.84. The van der Waals surface area contributed by atoms with E-state index in [-0.39, 0.29) is 18.6 Å². The number of nitrogens with zero attached hydrogens (tertiary/aromatic N) is 1. The van der Waals surface area contributed by atoms with Crippen LogP contribution in [0.2, 0.25) is 0 Å². The first kappa shape index (κ1) is 13.1. The molecule has 1 N–H and O–H groups in total. The molecule has 1 unspecified atom stereocenters. The number of aryl methyl sites for hydroxylation is 2. The number of aromatic nitrogens is 1. The van der Waals surface area contributed by atoms with E-state index in [2.05, 4.69) is 10.3 Å². The van der Waals surface area contributed by atoms with Crippen molar-refractivity contribution < 1.29 is 9.53 Å². The van der Waals surface area contributed by atoms with Gasteiger partial charge in [-0.15, -0.1) is 11.3 Å². The normalized spacial score (nSPS) is 12.5. The van der Waals surface area contributed by atoms with E-state index in [0.717, 1.165) is 10.7 Å². The quantitative estimate of drug-likeness (QED) is 0.802. The summed E-state index contributed by atoms with van der Waals surface area (Å²) in [6.45, 7) is 8.48. The van der Waals surface area contributed by atoms with E-state index in [4.69, 9.17) is 4.74 Å². The average molecular weight is 242 g/mol. The van der Waals surface area contributed by atoms with Crippen LogP contribution in [0.15, 0.2) is 0 Å². The summed E-state index contributed by atoms with van der Waals surface area (Å²) in [6, 6.07) is 0.0781. The Morgan fingerprint density at radius 1 is 1.56 bits per heavy atom. The lowest BCUT2D eigenvalue weighted by Gasteiger charge is -2.11. The smallest absolute Gasteiger partial charge is 0.319 e. The molecule has 0 aliphatic carbocycles. The molecule has 90 valence electrons. The minimum atomic E-state index is -0.223. The predicted molar refractivity (Wildman–Crippen MR) is 64.6 cm³/mol. The Labute approximate surface area is 100 Å².